The van der Waals surface area contributed by atoms with E-state index in [1.54, 1.807) is 17.6 Å². The highest BCUT2D eigenvalue weighted by Gasteiger charge is 2.15. The van der Waals surface area contributed by atoms with Crippen molar-refractivity contribution in [3.8, 4) is 10.8 Å². The van der Waals surface area contributed by atoms with Crippen LogP contribution in [-0.4, -0.2) is 31.3 Å². The van der Waals surface area contributed by atoms with Gasteiger partial charge in [0.1, 0.15) is 5.00 Å². The summed E-state index contributed by atoms with van der Waals surface area (Å²) in [5.74, 6) is 0.838. The summed E-state index contributed by atoms with van der Waals surface area (Å²) < 4.78 is 10.6. The van der Waals surface area contributed by atoms with Crippen LogP contribution in [0.2, 0.25) is 0 Å². The van der Waals surface area contributed by atoms with Gasteiger partial charge in [-0.15, -0.1) is 0 Å². The Kier molecular flexibility index (Phi) is 2.63. The lowest BCUT2D eigenvalue weighted by Gasteiger charge is -2.26. The molecule has 1 aliphatic rings. The first-order valence-corrected chi connectivity index (χ1v) is 6.07. The largest absolute Gasteiger partial charge is 0.462 e. The molecule has 0 aliphatic carbocycles. The normalized spacial score (nSPS) is 16.6. The molecule has 0 unspecified atom stereocenters. The van der Waals surface area contributed by atoms with E-state index in [0.717, 1.165) is 37.1 Å². The topological polar surface area (TPSA) is 38.5 Å². The Labute approximate surface area is 97.5 Å². The van der Waals surface area contributed by atoms with E-state index in [1.807, 2.05) is 18.3 Å². The van der Waals surface area contributed by atoms with Crippen LogP contribution in [0.15, 0.2) is 29.0 Å². The zero-order valence-electron chi connectivity index (χ0n) is 8.76. The third kappa shape index (κ3) is 1.83. The average molecular weight is 236 g/mol. The molecule has 2 aromatic rings. The number of ether oxygens (including phenoxy) is 1. The molecule has 84 valence electrons. The highest BCUT2D eigenvalue weighted by atomic mass is 32.1. The van der Waals surface area contributed by atoms with Gasteiger partial charge in [-0.3, -0.25) is 0 Å². The smallest absolute Gasteiger partial charge is 0.162 e. The van der Waals surface area contributed by atoms with Gasteiger partial charge in [-0.1, -0.05) is 11.3 Å². The van der Waals surface area contributed by atoms with Crippen molar-refractivity contribution in [1.82, 2.24) is 4.98 Å². The number of rotatable bonds is 2. The Morgan fingerprint density at radius 1 is 1.31 bits per heavy atom. The zero-order chi connectivity index (χ0) is 10.8. The van der Waals surface area contributed by atoms with Crippen molar-refractivity contribution in [2.24, 2.45) is 0 Å². The van der Waals surface area contributed by atoms with Crippen LogP contribution >= 0.6 is 11.3 Å². The minimum Gasteiger partial charge on any atom is -0.462 e. The molecule has 5 heteroatoms. The maximum absolute atomic E-state index is 5.32. The molecule has 0 N–H and O–H groups in total. The average Bonchev–Trinajstić information content (AvgIpc) is 3.01. The summed E-state index contributed by atoms with van der Waals surface area (Å²) >= 11 is 1.66. The van der Waals surface area contributed by atoms with Crippen molar-refractivity contribution in [1.29, 1.82) is 0 Å². The SMILES string of the molecule is c1coc(-c2ncc(N3CCOCC3)s2)c1. The fraction of sp³-hybridized carbons (Fsp3) is 0.364. The molecular weight excluding hydrogens is 224 g/mol. The summed E-state index contributed by atoms with van der Waals surface area (Å²) in [5, 5.41) is 2.13. The number of hydrogen-bond acceptors (Lipinski definition) is 5. The molecule has 0 spiro atoms. The van der Waals surface area contributed by atoms with Crippen molar-refractivity contribution in [2.45, 2.75) is 0 Å². The molecule has 0 saturated carbocycles. The second-order valence-electron chi connectivity index (χ2n) is 3.58. The third-order valence-electron chi connectivity index (χ3n) is 2.55. The van der Waals surface area contributed by atoms with Gasteiger partial charge in [-0.05, 0) is 12.1 Å². The van der Waals surface area contributed by atoms with Crippen molar-refractivity contribution in [3.63, 3.8) is 0 Å². The minimum atomic E-state index is 0.800. The zero-order valence-corrected chi connectivity index (χ0v) is 9.57. The van der Waals surface area contributed by atoms with E-state index in [2.05, 4.69) is 9.88 Å². The predicted octanol–water partition coefficient (Wildman–Crippen LogP) is 2.24. The van der Waals surface area contributed by atoms with Crippen molar-refractivity contribution in [3.05, 3.63) is 24.6 Å². The Bertz CT molecular complexity index is 446. The van der Waals surface area contributed by atoms with Crippen LogP contribution in [0.25, 0.3) is 10.8 Å². The van der Waals surface area contributed by atoms with Crippen LogP contribution in [0.1, 0.15) is 0 Å². The van der Waals surface area contributed by atoms with Crippen LogP contribution in [0.3, 0.4) is 0 Å². The van der Waals surface area contributed by atoms with Crippen LogP contribution in [-0.2, 0) is 4.74 Å². The lowest BCUT2D eigenvalue weighted by molar-refractivity contribution is 0.123. The van der Waals surface area contributed by atoms with E-state index in [4.69, 9.17) is 9.15 Å². The third-order valence-corrected chi connectivity index (χ3v) is 3.62. The predicted molar refractivity (Wildman–Crippen MR) is 62.8 cm³/mol. The number of thiazole rings is 1. The number of aromatic nitrogens is 1. The lowest BCUT2D eigenvalue weighted by Crippen LogP contribution is -2.35. The standard InChI is InChI=1S/C11H12N2O2S/c1-2-9(15-5-1)11-12-8-10(16-11)13-3-6-14-7-4-13/h1-2,5,8H,3-4,6-7H2. The Morgan fingerprint density at radius 3 is 2.94 bits per heavy atom. The summed E-state index contributed by atoms with van der Waals surface area (Å²) in [6.45, 7) is 3.49. The summed E-state index contributed by atoms with van der Waals surface area (Å²) in [5.41, 5.74) is 0. The van der Waals surface area contributed by atoms with Gasteiger partial charge in [-0.2, -0.15) is 0 Å². The van der Waals surface area contributed by atoms with E-state index in [9.17, 15) is 0 Å². The van der Waals surface area contributed by atoms with E-state index < -0.39 is 0 Å². The number of hydrogen-bond donors (Lipinski definition) is 0. The molecule has 3 rings (SSSR count). The lowest BCUT2D eigenvalue weighted by atomic mass is 10.4. The number of nitrogens with zero attached hydrogens (tertiary/aromatic N) is 2. The van der Waals surface area contributed by atoms with Crippen molar-refractivity contribution < 1.29 is 9.15 Å². The molecule has 0 radical (unpaired) electrons. The van der Waals surface area contributed by atoms with Crippen LogP contribution in [0, 0.1) is 0 Å². The highest BCUT2D eigenvalue weighted by molar-refractivity contribution is 7.18. The first kappa shape index (κ1) is 9.86. The first-order valence-electron chi connectivity index (χ1n) is 5.26. The fourth-order valence-corrected chi connectivity index (χ4v) is 2.65. The van der Waals surface area contributed by atoms with Gasteiger partial charge in [0.05, 0.1) is 25.7 Å². The molecule has 1 saturated heterocycles. The maximum atomic E-state index is 5.32. The molecule has 0 bridgehead atoms. The molecule has 0 atom stereocenters. The second-order valence-corrected chi connectivity index (χ2v) is 4.59. The quantitative estimate of drug-likeness (QED) is 0.801. The molecule has 4 nitrogen and oxygen atoms in total. The van der Waals surface area contributed by atoms with Crippen LogP contribution in [0.4, 0.5) is 5.00 Å². The number of furan rings is 1. The van der Waals surface area contributed by atoms with Gasteiger partial charge in [0.2, 0.25) is 0 Å². The molecule has 1 aliphatic heterocycles. The second kappa shape index (κ2) is 4.27. The number of morpholine rings is 1. The van der Waals surface area contributed by atoms with Crippen LogP contribution < -0.4 is 4.90 Å². The first-order chi connectivity index (χ1) is 7.93. The van der Waals surface area contributed by atoms with Crippen molar-refractivity contribution in [2.75, 3.05) is 31.2 Å². The van der Waals surface area contributed by atoms with Gasteiger partial charge in [-0.25, -0.2) is 4.98 Å². The Balaban J connectivity index is 1.82. The molecule has 1 fully saturated rings. The molecular formula is C11H12N2O2S. The maximum Gasteiger partial charge on any atom is 0.162 e. The molecule has 0 aromatic carbocycles. The highest BCUT2D eigenvalue weighted by Crippen LogP contribution is 2.31. The Morgan fingerprint density at radius 2 is 2.19 bits per heavy atom. The summed E-state index contributed by atoms with van der Waals surface area (Å²) in [6, 6.07) is 3.81. The minimum absolute atomic E-state index is 0.800. The van der Waals surface area contributed by atoms with E-state index in [-0.39, 0.29) is 0 Å². The van der Waals surface area contributed by atoms with E-state index in [1.165, 1.54) is 5.00 Å². The molecule has 2 aromatic heterocycles. The van der Waals surface area contributed by atoms with Crippen molar-refractivity contribution >= 4 is 16.3 Å². The van der Waals surface area contributed by atoms with Gasteiger partial charge in [0.15, 0.2) is 10.8 Å². The molecule has 3 heterocycles. The fourth-order valence-electron chi connectivity index (χ4n) is 1.71. The summed E-state index contributed by atoms with van der Waals surface area (Å²) in [6.07, 6.45) is 3.58. The van der Waals surface area contributed by atoms with E-state index in [0.29, 0.717) is 0 Å². The number of anilines is 1. The van der Waals surface area contributed by atoms with Gasteiger partial charge >= 0.3 is 0 Å². The Hall–Kier alpha value is -1.33. The monoisotopic (exact) mass is 236 g/mol. The van der Waals surface area contributed by atoms with Gasteiger partial charge in [0, 0.05) is 13.1 Å². The van der Waals surface area contributed by atoms with E-state index >= 15 is 0 Å². The van der Waals surface area contributed by atoms with Crippen LogP contribution in [0.5, 0.6) is 0 Å². The molecule has 16 heavy (non-hydrogen) atoms. The molecule has 0 amide bonds. The van der Waals surface area contributed by atoms with Gasteiger partial charge < -0.3 is 14.1 Å². The summed E-state index contributed by atoms with van der Waals surface area (Å²) in [4.78, 5) is 6.68. The van der Waals surface area contributed by atoms with Gasteiger partial charge in [0.25, 0.3) is 0 Å². The summed E-state index contributed by atoms with van der Waals surface area (Å²) in [7, 11) is 0.